The number of aliphatic imine (C=N–C) groups is 1. The van der Waals surface area contributed by atoms with E-state index in [4.69, 9.17) is 0 Å². The SMILES string of the molecule is Cc1ccccc1NC(C)C1=NCCN1. The predicted molar refractivity (Wildman–Crippen MR) is 64.6 cm³/mol. The second-order valence-electron chi connectivity index (χ2n) is 3.87. The van der Waals surface area contributed by atoms with E-state index in [1.54, 1.807) is 0 Å². The van der Waals surface area contributed by atoms with Gasteiger partial charge >= 0.3 is 0 Å². The summed E-state index contributed by atoms with van der Waals surface area (Å²) in [6.07, 6.45) is 0. The Labute approximate surface area is 90.6 Å². The number of benzene rings is 1. The van der Waals surface area contributed by atoms with Gasteiger partial charge in [-0.05, 0) is 25.5 Å². The van der Waals surface area contributed by atoms with E-state index in [0.29, 0.717) is 0 Å². The van der Waals surface area contributed by atoms with Crippen LogP contribution in [-0.2, 0) is 0 Å². The maximum atomic E-state index is 4.40. The summed E-state index contributed by atoms with van der Waals surface area (Å²) < 4.78 is 0. The van der Waals surface area contributed by atoms with Crippen LogP contribution in [0.15, 0.2) is 29.3 Å². The van der Waals surface area contributed by atoms with Crippen LogP contribution < -0.4 is 10.6 Å². The van der Waals surface area contributed by atoms with Gasteiger partial charge in [0, 0.05) is 12.2 Å². The number of hydrogen-bond donors (Lipinski definition) is 2. The third kappa shape index (κ3) is 2.29. The molecule has 1 aromatic rings. The number of nitrogens with zero attached hydrogens (tertiary/aromatic N) is 1. The third-order valence-electron chi connectivity index (χ3n) is 2.63. The first kappa shape index (κ1) is 10.0. The first-order chi connectivity index (χ1) is 7.27. The van der Waals surface area contributed by atoms with Gasteiger partial charge in [-0.25, -0.2) is 0 Å². The van der Waals surface area contributed by atoms with E-state index in [-0.39, 0.29) is 6.04 Å². The lowest BCUT2D eigenvalue weighted by atomic mass is 10.2. The van der Waals surface area contributed by atoms with Crippen molar-refractivity contribution in [1.29, 1.82) is 0 Å². The van der Waals surface area contributed by atoms with Crippen molar-refractivity contribution in [3.05, 3.63) is 29.8 Å². The molecule has 1 aliphatic rings. The monoisotopic (exact) mass is 203 g/mol. The van der Waals surface area contributed by atoms with Gasteiger partial charge in [0.1, 0.15) is 5.84 Å². The number of nitrogens with one attached hydrogen (secondary N) is 2. The molecule has 0 saturated heterocycles. The van der Waals surface area contributed by atoms with Gasteiger partial charge < -0.3 is 10.6 Å². The van der Waals surface area contributed by atoms with Crippen LogP contribution in [0.5, 0.6) is 0 Å². The largest absolute Gasteiger partial charge is 0.375 e. The van der Waals surface area contributed by atoms with Crippen molar-refractivity contribution in [3.63, 3.8) is 0 Å². The predicted octanol–water partition coefficient (Wildman–Crippen LogP) is 1.80. The molecular formula is C12H17N3. The minimum absolute atomic E-state index is 0.258. The Morgan fingerprint density at radius 1 is 1.40 bits per heavy atom. The Kier molecular flexibility index (Phi) is 2.90. The summed E-state index contributed by atoms with van der Waals surface area (Å²) in [6.45, 7) is 6.10. The van der Waals surface area contributed by atoms with Gasteiger partial charge in [-0.3, -0.25) is 4.99 Å². The molecule has 0 amide bonds. The molecule has 15 heavy (non-hydrogen) atoms. The molecule has 1 aromatic carbocycles. The summed E-state index contributed by atoms with van der Waals surface area (Å²) >= 11 is 0. The van der Waals surface area contributed by atoms with E-state index in [9.17, 15) is 0 Å². The highest BCUT2D eigenvalue weighted by Crippen LogP contribution is 2.14. The van der Waals surface area contributed by atoms with Crippen LogP contribution in [0.4, 0.5) is 5.69 Å². The van der Waals surface area contributed by atoms with E-state index in [1.165, 1.54) is 11.3 Å². The van der Waals surface area contributed by atoms with Crippen LogP contribution in [-0.4, -0.2) is 25.0 Å². The van der Waals surface area contributed by atoms with Gasteiger partial charge in [0.05, 0.1) is 12.6 Å². The van der Waals surface area contributed by atoms with Gasteiger partial charge in [0.2, 0.25) is 0 Å². The van der Waals surface area contributed by atoms with E-state index < -0.39 is 0 Å². The lowest BCUT2D eigenvalue weighted by Crippen LogP contribution is -2.34. The Morgan fingerprint density at radius 2 is 2.20 bits per heavy atom. The van der Waals surface area contributed by atoms with Crippen LogP contribution in [0, 0.1) is 6.92 Å². The van der Waals surface area contributed by atoms with E-state index in [1.807, 2.05) is 6.07 Å². The molecule has 0 radical (unpaired) electrons. The van der Waals surface area contributed by atoms with Crippen molar-refractivity contribution in [3.8, 4) is 0 Å². The molecule has 1 aliphatic heterocycles. The Morgan fingerprint density at radius 3 is 2.87 bits per heavy atom. The molecule has 0 spiro atoms. The fourth-order valence-electron chi connectivity index (χ4n) is 1.74. The normalized spacial score (nSPS) is 16.8. The zero-order valence-corrected chi connectivity index (χ0v) is 9.25. The summed E-state index contributed by atoms with van der Waals surface area (Å²) in [7, 11) is 0. The van der Waals surface area contributed by atoms with Gasteiger partial charge in [0.25, 0.3) is 0 Å². The molecule has 3 nitrogen and oxygen atoms in total. The number of hydrogen-bond acceptors (Lipinski definition) is 3. The van der Waals surface area contributed by atoms with E-state index in [0.717, 1.165) is 18.9 Å². The molecule has 2 N–H and O–H groups in total. The molecule has 1 heterocycles. The molecule has 0 fully saturated rings. The minimum Gasteiger partial charge on any atom is -0.375 e. The molecule has 3 heteroatoms. The van der Waals surface area contributed by atoms with Crippen molar-refractivity contribution in [2.45, 2.75) is 19.9 Å². The summed E-state index contributed by atoms with van der Waals surface area (Å²) in [4.78, 5) is 4.40. The van der Waals surface area contributed by atoms with Crippen LogP contribution in [0.25, 0.3) is 0 Å². The molecule has 1 atom stereocenters. The van der Waals surface area contributed by atoms with Gasteiger partial charge in [-0.15, -0.1) is 0 Å². The fraction of sp³-hybridized carbons (Fsp3) is 0.417. The van der Waals surface area contributed by atoms with Crippen molar-refractivity contribution in [2.24, 2.45) is 4.99 Å². The number of anilines is 1. The van der Waals surface area contributed by atoms with Crippen LogP contribution in [0.2, 0.25) is 0 Å². The fourth-order valence-corrected chi connectivity index (χ4v) is 1.74. The van der Waals surface area contributed by atoms with Crippen molar-refractivity contribution < 1.29 is 0 Å². The number of rotatable bonds is 3. The zero-order chi connectivity index (χ0) is 10.7. The molecule has 0 saturated carbocycles. The Bertz CT molecular complexity index is 371. The van der Waals surface area contributed by atoms with Crippen LogP contribution in [0.1, 0.15) is 12.5 Å². The lowest BCUT2D eigenvalue weighted by molar-refractivity contribution is 0.928. The van der Waals surface area contributed by atoms with Gasteiger partial charge in [-0.1, -0.05) is 18.2 Å². The molecule has 0 aromatic heterocycles. The quantitative estimate of drug-likeness (QED) is 0.786. The molecule has 80 valence electrons. The summed E-state index contributed by atoms with van der Waals surface area (Å²) in [5, 5.41) is 6.74. The topological polar surface area (TPSA) is 36.4 Å². The second kappa shape index (κ2) is 4.34. The summed E-state index contributed by atoms with van der Waals surface area (Å²) in [5.41, 5.74) is 2.45. The average molecular weight is 203 g/mol. The highest BCUT2D eigenvalue weighted by molar-refractivity contribution is 5.90. The molecule has 0 aliphatic carbocycles. The maximum Gasteiger partial charge on any atom is 0.119 e. The third-order valence-corrected chi connectivity index (χ3v) is 2.63. The number of para-hydroxylation sites is 1. The lowest BCUT2D eigenvalue weighted by Gasteiger charge is -2.17. The highest BCUT2D eigenvalue weighted by atomic mass is 15.1. The second-order valence-corrected chi connectivity index (χ2v) is 3.87. The molecule has 1 unspecified atom stereocenters. The van der Waals surface area contributed by atoms with Gasteiger partial charge in [0.15, 0.2) is 0 Å². The summed E-state index contributed by atoms with van der Waals surface area (Å²) in [6, 6.07) is 8.57. The van der Waals surface area contributed by atoms with Crippen molar-refractivity contribution >= 4 is 11.5 Å². The first-order valence-electron chi connectivity index (χ1n) is 5.38. The zero-order valence-electron chi connectivity index (χ0n) is 9.25. The Hall–Kier alpha value is -1.51. The van der Waals surface area contributed by atoms with Crippen LogP contribution in [0.3, 0.4) is 0 Å². The standard InChI is InChI=1S/C12H17N3/c1-9-5-3-4-6-11(9)15-10(2)12-13-7-8-14-12/h3-6,10,15H,7-8H2,1-2H3,(H,13,14). The first-order valence-corrected chi connectivity index (χ1v) is 5.38. The van der Waals surface area contributed by atoms with E-state index in [2.05, 4.69) is 47.7 Å². The van der Waals surface area contributed by atoms with E-state index >= 15 is 0 Å². The number of amidine groups is 1. The molecular weight excluding hydrogens is 186 g/mol. The Balaban J connectivity index is 2.05. The van der Waals surface area contributed by atoms with Gasteiger partial charge in [-0.2, -0.15) is 0 Å². The van der Waals surface area contributed by atoms with Crippen molar-refractivity contribution in [2.75, 3.05) is 18.4 Å². The van der Waals surface area contributed by atoms with Crippen LogP contribution >= 0.6 is 0 Å². The molecule has 2 rings (SSSR count). The smallest absolute Gasteiger partial charge is 0.119 e. The average Bonchev–Trinajstić information content (AvgIpc) is 2.74. The van der Waals surface area contributed by atoms with Crippen molar-refractivity contribution in [1.82, 2.24) is 5.32 Å². The minimum atomic E-state index is 0.258. The maximum absolute atomic E-state index is 4.40. The summed E-state index contributed by atoms with van der Waals surface area (Å²) in [5.74, 6) is 1.07. The number of aryl methyl sites for hydroxylation is 1. The molecule has 0 bridgehead atoms. The highest BCUT2D eigenvalue weighted by Gasteiger charge is 2.13.